The van der Waals surface area contributed by atoms with Gasteiger partial charge >= 0.3 is 0 Å². The van der Waals surface area contributed by atoms with Crippen LogP contribution >= 0.6 is 10.9 Å². The minimum absolute atomic E-state index is 0.0902. The fraction of sp³-hybridized carbons (Fsp3) is 0. The molecule has 0 spiro atoms. The predicted octanol–water partition coefficient (Wildman–Crippen LogP) is 4.65. The highest BCUT2D eigenvalue weighted by atomic mass is 32.2. The molecule has 0 atom stereocenters. The molecular formula is C19H16O2S. The molecule has 0 saturated heterocycles. The van der Waals surface area contributed by atoms with Crippen LogP contribution in [0.25, 0.3) is 0 Å². The van der Waals surface area contributed by atoms with Crippen LogP contribution in [0.4, 0.5) is 0 Å². The van der Waals surface area contributed by atoms with E-state index >= 15 is 0 Å². The van der Waals surface area contributed by atoms with Gasteiger partial charge in [0.15, 0.2) is 0 Å². The quantitative estimate of drug-likeness (QED) is 0.691. The number of hydrogen-bond acceptors (Lipinski definition) is 2. The lowest BCUT2D eigenvalue weighted by atomic mass is 10.2. The zero-order chi connectivity index (χ0) is 15.4. The van der Waals surface area contributed by atoms with Gasteiger partial charge in [-0.1, -0.05) is 36.4 Å². The summed E-state index contributed by atoms with van der Waals surface area (Å²) >= 11 is 0. The first kappa shape index (κ1) is 14.4. The second-order valence-corrected chi connectivity index (χ2v) is 6.97. The van der Waals surface area contributed by atoms with Gasteiger partial charge < -0.3 is 5.11 Å². The molecule has 0 radical (unpaired) electrons. The van der Waals surface area contributed by atoms with Crippen LogP contribution in [0.5, 0.6) is 5.75 Å². The Morgan fingerprint density at radius 1 is 0.682 bits per heavy atom. The van der Waals surface area contributed by atoms with Gasteiger partial charge in [-0.2, -0.15) is 0 Å². The van der Waals surface area contributed by atoms with Gasteiger partial charge in [0.25, 0.3) is 0 Å². The average molecular weight is 308 g/mol. The second kappa shape index (κ2) is 6.50. The van der Waals surface area contributed by atoms with Crippen molar-refractivity contribution >= 4 is 16.0 Å². The van der Waals surface area contributed by atoms with Crippen molar-refractivity contribution in [2.75, 3.05) is 0 Å². The van der Waals surface area contributed by atoms with E-state index in [0.717, 1.165) is 9.79 Å². The zero-order valence-corrected chi connectivity index (χ0v) is 12.8. The van der Waals surface area contributed by atoms with Crippen molar-refractivity contribution < 1.29 is 9.90 Å². The van der Waals surface area contributed by atoms with E-state index in [0.29, 0.717) is 5.56 Å². The number of thiol groups is 1. The van der Waals surface area contributed by atoms with Crippen molar-refractivity contribution in [1.29, 1.82) is 0 Å². The Morgan fingerprint density at radius 3 is 1.59 bits per heavy atom. The molecule has 0 bridgehead atoms. The fourth-order valence-corrected chi connectivity index (χ4v) is 4.39. The number of carbonyl (C=O) groups excluding carboxylic acids is 1. The van der Waals surface area contributed by atoms with Gasteiger partial charge in [0.1, 0.15) is 5.75 Å². The lowest BCUT2D eigenvalue weighted by Gasteiger charge is -2.21. The molecule has 22 heavy (non-hydrogen) atoms. The summed E-state index contributed by atoms with van der Waals surface area (Å²) < 4.78 is 0. The predicted molar refractivity (Wildman–Crippen MR) is 90.8 cm³/mol. The van der Waals surface area contributed by atoms with Gasteiger partial charge in [0, 0.05) is 5.56 Å². The zero-order valence-electron chi connectivity index (χ0n) is 11.9. The van der Waals surface area contributed by atoms with Crippen molar-refractivity contribution in [2.45, 2.75) is 9.79 Å². The lowest BCUT2D eigenvalue weighted by Crippen LogP contribution is -2.02. The maximum absolute atomic E-state index is 13.0. The summed E-state index contributed by atoms with van der Waals surface area (Å²) in [5, 5.41) is 9.50. The van der Waals surface area contributed by atoms with Crippen LogP contribution in [0.2, 0.25) is 0 Å². The molecule has 3 aromatic rings. The van der Waals surface area contributed by atoms with Gasteiger partial charge in [-0.05, 0) is 58.3 Å². The summed E-state index contributed by atoms with van der Waals surface area (Å²) in [5.74, 6) is 0.167. The van der Waals surface area contributed by atoms with Crippen LogP contribution in [-0.4, -0.2) is 10.2 Å². The Balaban J connectivity index is 2.06. The highest BCUT2D eigenvalue weighted by Crippen LogP contribution is 2.46. The number of carbonyl (C=O) groups is 1. The molecule has 0 aliphatic heterocycles. The highest BCUT2D eigenvalue weighted by molar-refractivity contribution is 8.30. The molecule has 0 saturated carbocycles. The normalized spacial score (nSPS) is 11.0. The SMILES string of the molecule is O=C(c1ccc(O)cc1)[SH](c1ccccc1)c1ccccc1. The Morgan fingerprint density at radius 2 is 1.14 bits per heavy atom. The van der Waals surface area contributed by atoms with Crippen LogP contribution in [0.15, 0.2) is 94.7 Å². The Hall–Kier alpha value is -2.52. The van der Waals surface area contributed by atoms with Gasteiger partial charge in [-0.3, -0.25) is 4.79 Å². The summed E-state index contributed by atoms with van der Waals surface area (Å²) in [6.07, 6.45) is 0. The molecule has 0 fully saturated rings. The number of rotatable bonds is 3. The number of phenols is 1. The first-order valence-corrected chi connectivity index (χ1v) is 8.33. The van der Waals surface area contributed by atoms with E-state index in [1.165, 1.54) is 0 Å². The molecule has 1 N–H and O–H groups in total. The number of aromatic hydroxyl groups is 1. The summed E-state index contributed by atoms with van der Waals surface area (Å²) in [4.78, 5) is 15.1. The first-order valence-electron chi connectivity index (χ1n) is 6.99. The average Bonchev–Trinajstić information content (AvgIpc) is 2.57. The van der Waals surface area contributed by atoms with Gasteiger partial charge in [0.2, 0.25) is 5.12 Å². The second-order valence-electron chi connectivity index (χ2n) is 4.86. The van der Waals surface area contributed by atoms with Crippen LogP contribution in [0.1, 0.15) is 10.4 Å². The standard InChI is InChI=1S/C19H16O2S/c20-16-13-11-15(12-14-16)19(21)22(17-7-3-1-4-8-17)18-9-5-2-6-10-18/h1-14,20,22H. The van der Waals surface area contributed by atoms with Gasteiger partial charge in [-0.15, -0.1) is 10.9 Å². The maximum atomic E-state index is 13.0. The van der Waals surface area contributed by atoms with Crippen molar-refractivity contribution in [3.8, 4) is 5.75 Å². The molecule has 110 valence electrons. The van der Waals surface area contributed by atoms with E-state index in [1.54, 1.807) is 24.3 Å². The topological polar surface area (TPSA) is 37.3 Å². The Labute approximate surface area is 132 Å². The third kappa shape index (κ3) is 3.05. The molecule has 2 nitrogen and oxygen atoms in total. The van der Waals surface area contributed by atoms with Crippen LogP contribution in [0.3, 0.4) is 0 Å². The molecule has 0 aliphatic carbocycles. The molecule has 0 aromatic heterocycles. The van der Waals surface area contributed by atoms with E-state index in [2.05, 4.69) is 0 Å². The molecule has 0 unspecified atom stereocenters. The van der Waals surface area contributed by atoms with E-state index in [4.69, 9.17) is 0 Å². The smallest absolute Gasteiger partial charge is 0.207 e. The molecule has 0 amide bonds. The molecule has 0 aliphatic rings. The molecule has 3 aromatic carbocycles. The van der Waals surface area contributed by atoms with Crippen LogP contribution in [0, 0.1) is 0 Å². The van der Waals surface area contributed by atoms with Crippen molar-refractivity contribution in [3.05, 3.63) is 90.5 Å². The number of benzene rings is 3. The molecular weight excluding hydrogens is 292 g/mol. The largest absolute Gasteiger partial charge is 0.508 e. The highest BCUT2D eigenvalue weighted by Gasteiger charge is 2.19. The maximum Gasteiger partial charge on any atom is 0.207 e. The summed E-state index contributed by atoms with van der Waals surface area (Å²) in [6, 6.07) is 26.2. The lowest BCUT2D eigenvalue weighted by molar-refractivity contribution is 0.108. The molecule has 0 heterocycles. The monoisotopic (exact) mass is 308 g/mol. The van der Waals surface area contributed by atoms with Crippen molar-refractivity contribution in [1.82, 2.24) is 0 Å². The first-order chi connectivity index (χ1) is 10.8. The number of phenolic OH excluding ortho intramolecular Hbond substituents is 1. The molecule has 3 rings (SSSR count). The van der Waals surface area contributed by atoms with E-state index in [1.807, 2.05) is 60.7 Å². The third-order valence-electron chi connectivity index (χ3n) is 3.35. The van der Waals surface area contributed by atoms with E-state index in [9.17, 15) is 9.90 Å². The van der Waals surface area contributed by atoms with Crippen LogP contribution < -0.4 is 0 Å². The van der Waals surface area contributed by atoms with Crippen LogP contribution in [-0.2, 0) is 0 Å². The van der Waals surface area contributed by atoms with Crippen molar-refractivity contribution in [2.24, 2.45) is 0 Å². The van der Waals surface area contributed by atoms with E-state index in [-0.39, 0.29) is 10.9 Å². The Kier molecular flexibility index (Phi) is 4.26. The minimum Gasteiger partial charge on any atom is -0.508 e. The summed E-state index contributed by atoms with van der Waals surface area (Å²) in [5.41, 5.74) is 0.622. The number of hydrogen-bond donors (Lipinski definition) is 2. The summed E-state index contributed by atoms with van der Waals surface area (Å²) in [7, 11) is -1.12. The van der Waals surface area contributed by atoms with Gasteiger partial charge in [0.05, 0.1) is 0 Å². The summed E-state index contributed by atoms with van der Waals surface area (Å²) in [6.45, 7) is 0. The molecule has 3 heteroatoms. The van der Waals surface area contributed by atoms with Gasteiger partial charge in [-0.25, -0.2) is 0 Å². The fourth-order valence-electron chi connectivity index (χ4n) is 2.27. The Bertz CT molecular complexity index is 713. The minimum atomic E-state index is -1.12. The third-order valence-corrected chi connectivity index (χ3v) is 5.64. The van der Waals surface area contributed by atoms with Crippen molar-refractivity contribution in [3.63, 3.8) is 0 Å². The van der Waals surface area contributed by atoms with E-state index < -0.39 is 10.9 Å².